The molecule has 1 aromatic rings. The third-order valence-electron chi connectivity index (χ3n) is 1.93. The molecule has 6 heteroatoms. The zero-order valence-electron chi connectivity index (χ0n) is 7.66. The summed E-state index contributed by atoms with van der Waals surface area (Å²) < 4.78 is 0. The molecule has 0 radical (unpaired) electrons. The molecule has 6 nitrogen and oxygen atoms in total. The van der Waals surface area contributed by atoms with Gasteiger partial charge in [0.15, 0.2) is 17.6 Å². The highest BCUT2D eigenvalue weighted by Crippen LogP contribution is 2.28. The van der Waals surface area contributed by atoms with Crippen molar-refractivity contribution in [3.8, 4) is 11.5 Å². The van der Waals surface area contributed by atoms with Crippen molar-refractivity contribution in [3.63, 3.8) is 0 Å². The van der Waals surface area contributed by atoms with Crippen LogP contribution in [-0.2, 0) is 4.79 Å². The Balaban J connectivity index is 2.96. The molecule has 0 aromatic heterocycles. The molecule has 0 saturated carbocycles. The molecule has 1 aromatic carbocycles. The van der Waals surface area contributed by atoms with Gasteiger partial charge in [-0.25, -0.2) is 0 Å². The standard InChI is InChI=1S/C9H11NO5/c10-9(15)8(14)7(13)4-1-2-5(11)6(12)3-4/h1-3,7-8,11-14H,(H2,10,15). The summed E-state index contributed by atoms with van der Waals surface area (Å²) in [6.45, 7) is 0. The van der Waals surface area contributed by atoms with E-state index in [0.717, 1.165) is 12.1 Å². The van der Waals surface area contributed by atoms with Gasteiger partial charge in [0.2, 0.25) is 5.91 Å². The van der Waals surface area contributed by atoms with E-state index in [1.165, 1.54) is 6.07 Å². The SMILES string of the molecule is NC(=O)C(O)C(O)c1ccc(O)c(O)c1. The highest BCUT2D eigenvalue weighted by molar-refractivity contribution is 5.79. The maximum atomic E-state index is 10.6. The Labute approximate surface area is 85.2 Å². The van der Waals surface area contributed by atoms with Gasteiger partial charge in [0.1, 0.15) is 6.10 Å². The predicted molar refractivity (Wildman–Crippen MR) is 49.9 cm³/mol. The smallest absolute Gasteiger partial charge is 0.249 e. The minimum Gasteiger partial charge on any atom is -0.504 e. The van der Waals surface area contributed by atoms with Gasteiger partial charge in [-0.1, -0.05) is 6.07 Å². The van der Waals surface area contributed by atoms with Crippen LogP contribution in [0, 0.1) is 0 Å². The first-order chi connectivity index (χ1) is 6.93. The summed E-state index contributed by atoms with van der Waals surface area (Å²) in [4.78, 5) is 10.6. The second-order valence-corrected chi connectivity index (χ2v) is 3.04. The number of phenolic OH excluding ortho intramolecular Hbond substituents is 2. The van der Waals surface area contributed by atoms with Crippen molar-refractivity contribution in [2.75, 3.05) is 0 Å². The van der Waals surface area contributed by atoms with Crippen molar-refractivity contribution in [1.29, 1.82) is 0 Å². The Kier molecular flexibility index (Phi) is 3.13. The molecule has 1 amide bonds. The number of hydrogen-bond donors (Lipinski definition) is 5. The second-order valence-electron chi connectivity index (χ2n) is 3.04. The van der Waals surface area contributed by atoms with Crippen LogP contribution in [0.5, 0.6) is 11.5 Å². The number of aliphatic hydroxyl groups is 2. The van der Waals surface area contributed by atoms with Crippen LogP contribution in [0.25, 0.3) is 0 Å². The fourth-order valence-corrected chi connectivity index (χ4v) is 1.06. The molecular weight excluding hydrogens is 202 g/mol. The third kappa shape index (κ3) is 2.36. The molecule has 0 aliphatic rings. The van der Waals surface area contributed by atoms with Crippen molar-refractivity contribution in [3.05, 3.63) is 23.8 Å². The highest BCUT2D eigenvalue weighted by Gasteiger charge is 2.23. The van der Waals surface area contributed by atoms with Crippen LogP contribution in [0.15, 0.2) is 18.2 Å². The summed E-state index contributed by atoms with van der Waals surface area (Å²) in [6.07, 6.45) is -3.29. The molecule has 0 fully saturated rings. The average Bonchev–Trinajstić information content (AvgIpc) is 2.19. The average molecular weight is 213 g/mol. The third-order valence-corrected chi connectivity index (χ3v) is 1.93. The van der Waals surface area contributed by atoms with Gasteiger partial charge < -0.3 is 26.2 Å². The molecular formula is C9H11NO5. The Morgan fingerprint density at radius 3 is 2.27 bits per heavy atom. The van der Waals surface area contributed by atoms with E-state index in [2.05, 4.69) is 0 Å². The number of nitrogens with two attached hydrogens (primary N) is 1. The van der Waals surface area contributed by atoms with Gasteiger partial charge in [0.25, 0.3) is 0 Å². The Bertz CT molecular complexity index is 379. The van der Waals surface area contributed by atoms with E-state index in [0.29, 0.717) is 0 Å². The summed E-state index contributed by atoms with van der Waals surface area (Å²) in [7, 11) is 0. The zero-order valence-corrected chi connectivity index (χ0v) is 7.66. The van der Waals surface area contributed by atoms with Crippen LogP contribution < -0.4 is 5.73 Å². The van der Waals surface area contributed by atoms with Crippen LogP contribution in [0.3, 0.4) is 0 Å². The van der Waals surface area contributed by atoms with E-state index in [1.807, 2.05) is 0 Å². The van der Waals surface area contributed by atoms with Gasteiger partial charge in [-0.2, -0.15) is 0 Å². The molecule has 2 atom stereocenters. The number of benzene rings is 1. The predicted octanol–water partition coefficient (Wildman–Crippen LogP) is -1.02. The van der Waals surface area contributed by atoms with Crippen LogP contribution in [0.2, 0.25) is 0 Å². The fraction of sp³-hybridized carbons (Fsp3) is 0.222. The number of rotatable bonds is 3. The van der Waals surface area contributed by atoms with Crippen LogP contribution in [0.1, 0.15) is 11.7 Å². The maximum absolute atomic E-state index is 10.6. The number of carbonyl (C=O) groups excluding carboxylic acids is 1. The largest absolute Gasteiger partial charge is 0.504 e. The van der Waals surface area contributed by atoms with Crippen LogP contribution >= 0.6 is 0 Å². The van der Waals surface area contributed by atoms with Crippen molar-refractivity contribution in [2.24, 2.45) is 5.73 Å². The van der Waals surface area contributed by atoms with Crippen LogP contribution in [0.4, 0.5) is 0 Å². The number of aromatic hydroxyl groups is 2. The minimum absolute atomic E-state index is 0.0802. The second kappa shape index (κ2) is 4.16. The monoisotopic (exact) mass is 213 g/mol. The van der Waals surface area contributed by atoms with Gasteiger partial charge in [-0.05, 0) is 17.7 Å². The Morgan fingerprint density at radius 1 is 1.20 bits per heavy atom. The van der Waals surface area contributed by atoms with E-state index in [4.69, 9.17) is 21.1 Å². The zero-order chi connectivity index (χ0) is 11.6. The van der Waals surface area contributed by atoms with E-state index in [-0.39, 0.29) is 11.3 Å². The first-order valence-electron chi connectivity index (χ1n) is 4.11. The van der Waals surface area contributed by atoms with Gasteiger partial charge in [-0.15, -0.1) is 0 Å². The lowest BCUT2D eigenvalue weighted by Crippen LogP contribution is -2.33. The topological polar surface area (TPSA) is 124 Å². The number of hydrogen-bond acceptors (Lipinski definition) is 5. The summed E-state index contributed by atoms with van der Waals surface area (Å²) in [5.41, 5.74) is 4.86. The number of aliphatic hydroxyl groups excluding tert-OH is 2. The first-order valence-corrected chi connectivity index (χ1v) is 4.11. The van der Waals surface area contributed by atoms with E-state index in [9.17, 15) is 9.90 Å². The highest BCUT2D eigenvalue weighted by atomic mass is 16.3. The normalized spacial score (nSPS) is 14.5. The Morgan fingerprint density at radius 2 is 1.80 bits per heavy atom. The molecule has 0 spiro atoms. The molecule has 2 unspecified atom stereocenters. The van der Waals surface area contributed by atoms with Crippen molar-refractivity contribution in [1.82, 2.24) is 0 Å². The summed E-state index contributed by atoms with van der Waals surface area (Å²) >= 11 is 0. The van der Waals surface area contributed by atoms with Gasteiger partial charge in [-0.3, -0.25) is 4.79 Å². The number of amides is 1. The number of primary amides is 1. The summed E-state index contributed by atoms with van der Waals surface area (Å²) in [5, 5.41) is 36.7. The lowest BCUT2D eigenvalue weighted by Gasteiger charge is -2.15. The van der Waals surface area contributed by atoms with E-state index >= 15 is 0 Å². The molecule has 82 valence electrons. The molecule has 15 heavy (non-hydrogen) atoms. The summed E-state index contributed by atoms with van der Waals surface area (Å²) in [6, 6.07) is 3.42. The summed E-state index contributed by atoms with van der Waals surface area (Å²) in [5.74, 6) is -1.89. The van der Waals surface area contributed by atoms with Gasteiger partial charge in [0, 0.05) is 0 Å². The first kappa shape index (κ1) is 11.3. The molecule has 0 aliphatic heterocycles. The molecule has 0 bridgehead atoms. The molecule has 0 saturated heterocycles. The molecule has 1 rings (SSSR count). The van der Waals surface area contributed by atoms with E-state index in [1.54, 1.807) is 0 Å². The number of carbonyl (C=O) groups is 1. The Hall–Kier alpha value is -1.79. The quantitative estimate of drug-likeness (QED) is 0.411. The maximum Gasteiger partial charge on any atom is 0.249 e. The lowest BCUT2D eigenvalue weighted by atomic mass is 10.0. The van der Waals surface area contributed by atoms with Crippen molar-refractivity contribution < 1.29 is 25.2 Å². The lowest BCUT2D eigenvalue weighted by molar-refractivity contribution is -0.131. The van der Waals surface area contributed by atoms with Gasteiger partial charge in [0.05, 0.1) is 0 Å². The van der Waals surface area contributed by atoms with Gasteiger partial charge >= 0.3 is 0 Å². The minimum atomic E-state index is -1.76. The number of phenols is 2. The molecule has 6 N–H and O–H groups in total. The van der Waals surface area contributed by atoms with Crippen molar-refractivity contribution >= 4 is 5.91 Å². The van der Waals surface area contributed by atoms with Crippen LogP contribution in [-0.4, -0.2) is 32.4 Å². The molecule has 0 heterocycles. The fourth-order valence-electron chi connectivity index (χ4n) is 1.06. The van der Waals surface area contributed by atoms with Crippen molar-refractivity contribution in [2.45, 2.75) is 12.2 Å². The molecule has 0 aliphatic carbocycles. The van der Waals surface area contributed by atoms with E-state index < -0.39 is 23.9 Å².